The maximum atomic E-state index is 5.82. The van der Waals surface area contributed by atoms with Crippen LogP contribution in [0.2, 0.25) is 0 Å². The Morgan fingerprint density at radius 3 is 2.47 bits per heavy atom. The summed E-state index contributed by atoms with van der Waals surface area (Å²) in [6.45, 7) is 4.93. The number of hydrogen-bond donors (Lipinski definition) is 1. The smallest absolute Gasteiger partial charge is 0.170 e. The van der Waals surface area contributed by atoms with Gasteiger partial charge >= 0.3 is 0 Å². The summed E-state index contributed by atoms with van der Waals surface area (Å²) in [5.41, 5.74) is 5.57. The number of pyridine rings is 3. The van der Waals surface area contributed by atoms with Gasteiger partial charge < -0.3 is 14.8 Å². The third kappa shape index (κ3) is 3.65. The number of thiocarbonyl (C=S) groups is 1. The molecular weight excluding hydrogens is 416 g/mol. The molecule has 4 aromatic heterocycles. The minimum atomic E-state index is -0.0574. The average Bonchev–Trinajstić information content (AvgIpc) is 3.30. The Balaban J connectivity index is 1.62. The molecule has 1 aliphatic rings. The lowest BCUT2D eigenvalue weighted by molar-refractivity contribution is 0.310. The molecule has 0 spiro atoms. The van der Waals surface area contributed by atoms with E-state index in [0.717, 1.165) is 33.6 Å². The Morgan fingerprint density at radius 1 is 0.969 bits per heavy atom. The summed E-state index contributed by atoms with van der Waals surface area (Å²) in [5, 5.41) is 4.25. The molecule has 160 valence electrons. The largest absolute Gasteiger partial charge is 0.352 e. The van der Waals surface area contributed by atoms with Gasteiger partial charge in [-0.3, -0.25) is 9.97 Å². The third-order valence-electron chi connectivity index (χ3n) is 5.94. The van der Waals surface area contributed by atoms with Crippen molar-refractivity contribution in [2.75, 3.05) is 0 Å². The number of rotatable bonds is 5. The molecular formula is C25H24N6S. The summed E-state index contributed by atoms with van der Waals surface area (Å²) in [6, 6.07) is 18.2. The van der Waals surface area contributed by atoms with Gasteiger partial charge in [0.1, 0.15) is 5.82 Å². The van der Waals surface area contributed by atoms with Crippen LogP contribution in [0.25, 0.3) is 5.82 Å². The summed E-state index contributed by atoms with van der Waals surface area (Å²) in [6.07, 6.45) is 7.34. The average molecular weight is 441 g/mol. The molecule has 0 aliphatic carbocycles. The summed E-state index contributed by atoms with van der Waals surface area (Å²) in [5.74, 6) is 0.912. The lowest BCUT2D eigenvalue weighted by atomic mass is 9.96. The first kappa shape index (κ1) is 20.3. The van der Waals surface area contributed by atoms with E-state index < -0.39 is 0 Å². The van der Waals surface area contributed by atoms with Gasteiger partial charge in [-0.1, -0.05) is 18.2 Å². The molecule has 5 rings (SSSR count). The predicted octanol–water partition coefficient (Wildman–Crippen LogP) is 4.45. The van der Waals surface area contributed by atoms with Crippen molar-refractivity contribution in [3.05, 3.63) is 108 Å². The number of hydrogen-bond acceptors (Lipinski definition) is 4. The third-order valence-corrected chi connectivity index (χ3v) is 6.29. The van der Waals surface area contributed by atoms with Gasteiger partial charge in [0.15, 0.2) is 5.11 Å². The normalized spacial score (nSPS) is 18.1. The standard InChI is InChI=1S/C25H24N6S/c1-17-14-20(18(2)31(17)22-10-4-6-13-28-22)24-23(21-9-3-5-12-27-21)29-25(32)30(24)16-19-8-7-11-26-15-19/h3-15,23-24H,16H2,1-2H3,(H,29,32)/t23-,24-/m0/s1. The van der Waals surface area contributed by atoms with E-state index >= 15 is 0 Å². The van der Waals surface area contributed by atoms with Gasteiger partial charge in [-0.2, -0.15) is 0 Å². The summed E-state index contributed by atoms with van der Waals surface area (Å²) < 4.78 is 2.20. The van der Waals surface area contributed by atoms with E-state index in [1.165, 1.54) is 5.56 Å². The summed E-state index contributed by atoms with van der Waals surface area (Å²) in [7, 11) is 0. The quantitative estimate of drug-likeness (QED) is 0.463. The first-order valence-corrected chi connectivity index (χ1v) is 11.0. The van der Waals surface area contributed by atoms with Crippen molar-refractivity contribution < 1.29 is 0 Å². The van der Waals surface area contributed by atoms with Gasteiger partial charge in [0.25, 0.3) is 0 Å². The zero-order valence-electron chi connectivity index (χ0n) is 18.0. The van der Waals surface area contributed by atoms with Crippen LogP contribution < -0.4 is 5.32 Å². The van der Waals surface area contributed by atoms with E-state index in [4.69, 9.17) is 12.2 Å². The molecule has 4 aromatic rings. The number of aromatic nitrogens is 4. The van der Waals surface area contributed by atoms with E-state index in [9.17, 15) is 0 Å². The maximum Gasteiger partial charge on any atom is 0.170 e. The van der Waals surface area contributed by atoms with Crippen molar-refractivity contribution in [2.45, 2.75) is 32.5 Å². The van der Waals surface area contributed by atoms with E-state index in [1.54, 1.807) is 6.20 Å². The second-order valence-corrected chi connectivity index (χ2v) is 8.35. The Kier molecular flexibility index (Phi) is 5.41. The Hall–Kier alpha value is -3.58. The molecule has 0 saturated carbocycles. The van der Waals surface area contributed by atoms with E-state index in [0.29, 0.717) is 6.54 Å². The minimum Gasteiger partial charge on any atom is -0.352 e. The molecule has 2 atom stereocenters. The zero-order chi connectivity index (χ0) is 22.1. The van der Waals surface area contributed by atoms with E-state index in [2.05, 4.69) is 61.8 Å². The Labute approximate surface area is 193 Å². The zero-order valence-corrected chi connectivity index (χ0v) is 18.8. The van der Waals surface area contributed by atoms with Crippen LogP contribution in [0.5, 0.6) is 0 Å². The van der Waals surface area contributed by atoms with Crippen molar-refractivity contribution >= 4 is 17.3 Å². The van der Waals surface area contributed by atoms with E-state index in [-0.39, 0.29) is 12.1 Å². The second kappa shape index (κ2) is 8.51. The van der Waals surface area contributed by atoms with Crippen LogP contribution >= 0.6 is 12.2 Å². The molecule has 0 aromatic carbocycles. The molecule has 0 radical (unpaired) electrons. The number of aryl methyl sites for hydroxylation is 1. The molecule has 0 bridgehead atoms. The van der Waals surface area contributed by atoms with Gasteiger partial charge in [-0.25, -0.2) is 4.98 Å². The van der Waals surface area contributed by atoms with Crippen LogP contribution in [0.1, 0.15) is 40.3 Å². The van der Waals surface area contributed by atoms with Crippen molar-refractivity contribution in [1.82, 2.24) is 29.7 Å². The molecule has 1 fully saturated rings. The van der Waals surface area contributed by atoms with Crippen LogP contribution in [0.4, 0.5) is 0 Å². The van der Waals surface area contributed by atoms with Crippen LogP contribution in [-0.4, -0.2) is 29.5 Å². The lowest BCUT2D eigenvalue weighted by Gasteiger charge is -2.28. The molecule has 32 heavy (non-hydrogen) atoms. The SMILES string of the molecule is Cc1cc([C@H]2[C@H](c3ccccn3)NC(=S)N2Cc2cccnc2)c(C)n1-c1ccccn1. The Morgan fingerprint density at radius 2 is 1.78 bits per heavy atom. The van der Waals surface area contributed by atoms with Gasteiger partial charge in [-0.05, 0) is 73.6 Å². The van der Waals surface area contributed by atoms with Gasteiger partial charge in [0.2, 0.25) is 0 Å². The van der Waals surface area contributed by atoms with Crippen LogP contribution in [-0.2, 0) is 6.54 Å². The first-order chi connectivity index (χ1) is 15.6. The highest BCUT2D eigenvalue weighted by atomic mass is 32.1. The van der Waals surface area contributed by atoms with Crippen molar-refractivity contribution in [3.63, 3.8) is 0 Å². The molecule has 6 nitrogen and oxygen atoms in total. The topological polar surface area (TPSA) is 58.9 Å². The van der Waals surface area contributed by atoms with Crippen molar-refractivity contribution in [3.8, 4) is 5.82 Å². The molecule has 1 aliphatic heterocycles. The van der Waals surface area contributed by atoms with Crippen LogP contribution in [0.3, 0.4) is 0 Å². The monoisotopic (exact) mass is 440 g/mol. The number of nitrogens with one attached hydrogen (secondary N) is 1. The number of nitrogens with zero attached hydrogens (tertiary/aromatic N) is 5. The van der Waals surface area contributed by atoms with Crippen LogP contribution in [0.15, 0.2) is 79.4 Å². The Bertz CT molecular complexity index is 1220. The highest BCUT2D eigenvalue weighted by Crippen LogP contribution is 2.41. The molecule has 0 amide bonds. The summed E-state index contributed by atoms with van der Waals surface area (Å²) >= 11 is 5.82. The predicted molar refractivity (Wildman–Crippen MR) is 128 cm³/mol. The molecule has 1 saturated heterocycles. The fourth-order valence-corrected chi connectivity index (χ4v) is 4.83. The highest BCUT2D eigenvalue weighted by molar-refractivity contribution is 7.80. The fraction of sp³-hybridized carbons (Fsp3) is 0.200. The first-order valence-electron chi connectivity index (χ1n) is 10.6. The second-order valence-electron chi connectivity index (χ2n) is 7.97. The van der Waals surface area contributed by atoms with E-state index in [1.807, 2.05) is 55.0 Å². The maximum absolute atomic E-state index is 5.82. The summed E-state index contributed by atoms with van der Waals surface area (Å²) in [4.78, 5) is 15.8. The van der Waals surface area contributed by atoms with Gasteiger partial charge in [0.05, 0.1) is 17.8 Å². The molecule has 0 unspecified atom stereocenters. The van der Waals surface area contributed by atoms with Crippen molar-refractivity contribution in [1.29, 1.82) is 0 Å². The minimum absolute atomic E-state index is 0.0127. The highest BCUT2D eigenvalue weighted by Gasteiger charge is 2.41. The van der Waals surface area contributed by atoms with Gasteiger partial charge in [-0.15, -0.1) is 0 Å². The lowest BCUT2D eigenvalue weighted by Crippen LogP contribution is -2.29. The fourth-order valence-electron chi connectivity index (χ4n) is 4.53. The molecule has 1 N–H and O–H groups in total. The van der Waals surface area contributed by atoms with Crippen LogP contribution in [0, 0.1) is 13.8 Å². The molecule has 7 heteroatoms. The molecule has 5 heterocycles. The van der Waals surface area contributed by atoms with Crippen molar-refractivity contribution in [2.24, 2.45) is 0 Å². The van der Waals surface area contributed by atoms with Gasteiger partial charge in [0, 0.05) is 42.7 Å².